The van der Waals surface area contributed by atoms with Crippen LogP contribution in [0.3, 0.4) is 0 Å². The molecule has 0 aliphatic rings. The predicted molar refractivity (Wildman–Crippen MR) is 93.6 cm³/mol. The number of aryl methyl sites for hydroxylation is 1. The number of ether oxygens (including phenoxy) is 1. The lowest BCUT2D eigenvalue weighted by Crippen LogP contribution is -2.30. The van der Waals surface area contributed by atoms with Crippen LogP contribution in [-0.2, 0) is 0 Å². The summed E-state index contributed by atoms with van der Waals surface area (Å²) in [5.74, 6) is -0.0674. The number of nitrogens with one attached hydrogen (secondary N) is 1. The summed E-state index contributed by atoms with van der Waals surface area (Å²) in [6, 6.07) is 5.36. The van der Waals surface area contributed by atoms with Crippen molar-refractivity contribution in [1.29, 1.82) is 0 Å². The number of fused-ring (bicyclic) bond motifs is 1. The molecule has 2 heterocycles. The van der Waals surface area contributed by atoms with E-state index < -0.39 is 6.09 Å². The van der Waals surface area contributed by atoms with Gasteiger partial charge in [0.2, 0.25) is 5.75 Å². The van der Waals surface area contributed by atoms with E-state index in [1.807, 2.05) is 6.07 Å². The summed E-state index contributed by atoms with van der Waals surface area (Å²) in [5.41, 5.74) is 0.885. The number of hydrogen-bond donors (Lipinski definition) is 1. The maximum absolute atomic E-state index is 12.4. The number of nitrogens with zero attached hydrogens (tertiary/aromatic N) is 2. The summed E-state index contributed by atoms with van der Waals surface area (Å²) >= 11 is 0. The van der Waals surface area contributed by atoms with Gasteiger partial charge in [-0.25, -0.2) is 9.78 Å². The van der Waals surface area contributed by atoms with E-state index in [0.29, 0.717) is 12.2 Å². The van der Waals surface area contributed by atoms with Crippen molar-refractivity contribution >= 4 is 11.7 Å². The summed E-state index contributed by atoms with van der Waals surface area (Å²) in [4.78, 5) is 28.3. The van der Waals surface area contributed by atoms with Crippen molar-refractivity contribution in [3.63, 3.8) is 0 Å². The third-order valence-corrected chi connectivity index (χ3v) is 3.89. The van der Waals surface area contributed by atoms with Crippen molar-refractivity contribution in [2.45, 2.75) is 52.4 Å². The van der Waals surface area contributed by atoms with Crippen molar-refractivity contribution < 1.29 is 9.53 Å². The maximum atomic E-state index is 12.4. The molecule has 6 heteroatoms. The lowest BCUT2D eigenvalue weighted by atomic mass is 10.1. The fraction of sp³-hybridized carbons (Fsp3) is 0.500. The molecule has 0 aliphatic carbocycles. The third-order valence-electron chi connectivity index (χ3n) is 3.89. The molecular weight excluding hydrogens is 306 g/mol. The second-order valence-electron chi connectivity index (χ2n) is 5.87. The summed E-state index contributed by atoms with van der Waals surface area (Å²) in [6.07, 6.45) is 7.57. The summed E-state index contributed by atoms with van der Waals surface area (Å²) in [5, 5.41) is 2.67. The molecule has 0 fully saturated rings. The van der Waals surface area contributed by atoms with Crippen LogP contribution in [0.2, 0.25) is 0 Å². The molecule has 0 aliphatic heterocycles. The van der Waals surface area contributed by atoms with Gasteiger partial charge in [-0.2, -0.15) is 0 Å². The second-order valence-corrected chi connectivity index (χ2v) is 5.87. The zero-order chi connectivity index (χ0) is 17.4. The Hall–Kier alpha value is -2.37. The molecule has 0 radical (unpaired) electrons. The highest BCUT2D eigenvalue weighted by Crippen LogP contribution is 2.07. The lowest BCUT2D eigenvalue weighted by Gasteiger charge is -2.08. The summed E-state index contributed by atoms with van der Waals surface area (Å²) in [6.45, 7) is 4.54. The Morgan fingerprint density at radius 2 is 1.96 bits per heavy atom. The molecule has 0 saturated carbocycles. The fourth-order valence-electron chi connectivity index (χ4n) is 2.56. The largest absolute Gasteiger partial charge is 0.412 e. The van der Waals surface area contributed by atoms with Gasteiger partial charge < -0.3 is 10.1 Å². The lowest BCUT2D eigenvalue weighted by molar-refractivity contribution is 0.199. The highest BCUT2D eigenvalue weighted by Gasteiger charge is 2.11. The van der Waals surface area contributed by atoms with E-state index in [1.165, 1.54) is 36.3 Å². The molecule has 1 amide bonds. The minimum Gasteiger partial charge on any atom is -0.403 e. The van der Waals surface area contributed by atoms with Crippen LogP contribution in [0.1, 0.15) is 51.1 Å². The normalized spacial score (nSPS) is 10.8. The van der Waals surface area contributed by atoms with Gasteiger partial charge in [-0.3, -0.25) is 9.20 Å². The summed E-state index contributed by atoms with van der Waals surface area (Å²) < 4.78 is 6.53. The maximum Gasteiger partial charge on any atom is 0.412 e. The van der Waals surface area contributed by atoms with Crippen LogP contribution < -0.4 is 15.6 Å². The van der Waals surface area contributed by atoms with Crippen molar-refractivity contribution in [3.05, 3.63) is 40.4 Å². The molecule has 0 bridgehead atoms. The molecule has 0 spiro atoms. The average Bonchev–Trinajstić information content (AvgIpc) is 2.56. The molecule has 0 unspecified atom stereocenters. The Kier molecular flexibility index (Phi) is 6.78. The SMILES string of the molecule is CCCCCCCCNC(=O)Oc1cnc2cccc(C)n2c1=O. The van der Waals surface area contributed by atoms with Gasteiger partial charge in [-0.1, -0.05) is 45.1 Å². The highest BCUT2D eigenvalue weighted by atomic mass is 16.6. The van der Waals surface area contributed by atoms with Crippen LogP contribution >= 0.6 is 0 Å². The van der Waals surface area contributed by atoms with Crippen molar-refractivity contribution in [1.82, 2.24) is 14.7 Å². The molecule has 0 atom stereocenters. The Morgan fingerprint density at radius 3 is 2.75 bits per heavy atom. The second kappa shape index (κ2) is 9.05. The van der Waals surface area contributed by atoms with E-state index in [1.54, 1.807) is 19.1 Å². The van der Waals surface area contributed by atoms with Gasteiger partial charge in [0.25, 0.3) is 0 Å². The molecule has 2 rings (SSSR count). The molecule has 24 heavy (non-hydrogen) atoms. The molecular formula is C18H25N3O3. The monoisotopic (exact) mass is 331 g/mol. The van der Waals surface area contributed by atoms with Gasteiger partial charge in [0.05, 0.1) is 6.20 Å². The van der Waals surface area contributed by atoms with Gasteiger partial charge in [-0.05, 0) is 25.5 Å². The van der Waals surface area contributed by atoms with E-state index in [0.717, 1.165) is 18.5 Å². The first-order valence-corrected chi connectivity index (χ1v) is 8.56. The van der Waals surface area contributed by atoms with Crippen LogP contribution in [0.4, 0.5) is 4.79 Å². The smallest absolute Gasteiger partial charge is 0.403 e. The van der Waals surface area contributed by atoms with Crippen molar-refractivity contribution in [2.24, 2.45) is 0 Å². The number of pyridine rings is 1. The number of unbranched alkanes of at least 4 members (excludes halogenated alkanes) is 5. The van der Waals surface area contributed by atoms with E-state index >= 15 is 0 Å². The number of carbonyl (C=O) groups excluding carboxylic acids is 1. The predicted octanol–water partition coefficient (Wildman–Crippen LogP) is 3.45. The Labute approximate surface area is 141 Å². The van der Waals surface area contributed by atoms with Gasteiger partial charge >= 0.3 is 11.7 Å². The minimum absolute atomic E-state index is 0.0674. The number of hydrogen-bond acceptors (Lipinski definition) is 4. The average molecular weight is 331 g/mol. The highest BCUT2D eigenvalue weighted by molar-refractivity contribution is 5.70. The standard InChI is InChI=1S/C18H25N3O3/c1-3-4-5-6-7-8-12-19-18(23)24-15-13-20-16-11-9-10-14(2)21(16)17(15)22/h9-11,13H,3-8,12H2,1-2H3,(H,19,23). The van der Waals surface area contributed by atoms with Crippen LogP contribution in [0, 0.1) is 6.92 Å². The van der Waals surface area contributed by atoms with E-state index in [9.17, 15) is 9.59 Å². The van der Waals surface area contributed by atoms with Gasteiger partial charge in [-0.15, -0.1) is 0 Å². The summed E-state index contributed by atoms with van der Waals surface area (Å²) in [7, 11) is 0. The van der Waals surface area contributed by atoms with E-state index in [-0.39, 0.29) is 11.3 Å². The molecule has 130 valence electrons. The van der Waals surface area contributed by atoms with Crippen LogP contribution in [-0.4, -0.2) is 22.0 Å². The van der Waals surface area contributed by atoms with Crippen LogP contribution in [0.15, 0.2) is 29.2 Å². The Morgan fingerprint density at radius 1 is 1.21 bits per heavy atom. The van der Waals surface area contributed by atoms with Gasteiger partial charge in [0.1, 0.15) is 5.65 Å². The molecule has 0 aromatic carbocycles. The van der Waals surface area contributed by atoms with Crippen LogP contribution in [0.5, 0.6) is 5.75 Å². The Balaban J connectivity index is 1.86. The number of carbonyl (C=O) groups is 1. The van der Waals surface area contributed by atoms with E-state index in [4.69, 9.17) is 4.74 Å². The first kappa shape index (κ1) is 18.0. The van der Waals surface area contributed by atoms with Gasteiger partial charge in [0, 0.05) is 12.2 Å². The molecule has 0 saturated heterocycles. The van der Waals surface area contributed by atoms with E-state index in [2.05, 4.69) is 17.2 Å². The van der Waals surface area contributed by atoms with Gasteiger partial charge in [0.15, 0.2) is 0 Å². The quantitative estimate of drug-likeness (QED) is 0.752. The molecule has 6 nitrogen and oxygen atoms in total. The Bertz CT molecular complexity index is 740. The van der Waals surface area contributed by atoms with Crippen molar-refractivity contribution in [2.75, 3.05) is 6.54 Å². The van der Waals surface area contributed by atoms with Crippen LogP contribution in [0.25, 0.3) is 5.65 Å². The van der Waals surface area contributed by atoms with Crippen molar-refractivity contribution in [3.8, 4) is 5.75 Å². The molecule has 2 aromatic heterocycles. The zero-order valence-electron chi connectivity index (χ0n) is 14.4. The third kappa shape index (κ3) is 4.81. The number of rotatable bonds is 8. The first-order chi connectivity index (χ1) is 11.6. The number of aromatic nitrogens is 2. The molecule has 1 N–H and O–H groups in total. The molecule has 2 aromatic rings. The fourth-order valence-corrected chi connectivity index (χ4v) is 2.56. The number of amides is 1. The minimum atomic E-state index is -0.615. The zero-order valence-corrected chi connectivity index (χ0v) is 14.4. The first-order valence-electron chi connectivity index (χ1n) is 8.56. The topological polar surface area (TPSA) is 72.7 Å².